The fraction of sp³-hybridized carbons (Fsp3) is 0.364. The van der Waals surface area contributed by atoms with E-state index in [2.05, 4.69) is 25.5 Å². The highest BCUT2D eigenvalue weighted by atomic mass is 16.4. The number of hydrogen-bond donors (Lipinski definition) is 2. The average molecular weight is 262 g/mol. The molecule has 100 valence electrons. The van der Waals surface area contributed by atoms with Gasteiger partial charge in [-0.3, -0.25) is 0 Å². The molecule has 2 aromatic rings. The fourth-order valence-electron chi connectivity index (χ4n) is 1.65. The molecular formula is C11H14N6O2. The van der Waals surface area contributed by atoms with E-state index in [0.29, 0.717) is 18.8 Å². The van der Waals surface area contributed by atoms with Crippen molar-refractivity contribution in [3.8, 4) is 0 Å². The Hall–Kier alpha value is -2.35. The summed E-state index contributed by atoms with van der Waals surface area (Å²) in [6.07, 6.45) is 4.28. The number of carbonyl (C=O) groups is 1. The van der Waals surface area contributed by atoms with Crippen LogP contribution < -0.4 is 5.32 Å². The van der Waals surface area contributed by atoms with Gasteiger partial charge < -0.3 is 15.0 Å². The predicted molar refractivity (Wildman–Crippen MR) is 65.2 cm³/mol. The molecule has 2 heterocycles. The van der Waals surface area contributed by atoms with Crippen LogP contribution in [0.15, 0.2) is 18.9 Å². The van der Waals surface area contributed by atoms with Crippen LogP contribution in [0.5, 0.6) is 0 Å². The van der Waals surface area contributed by atoms with Gasteiger partial charge in [0.25, 0.3) is 0 Å². The van der Waals surface area contributed by atoms with E-state index in [1.807, 2.05) is 11.5 Å². The number of hydrogen-bond acceptors (Lipinski definition) is 6. The molecule has 2 N–H and O–H groups in total. The van der Waals surface area contributed by atoms with Gasteiger partial charge in [-0.15, -0.1) is 10.2 Å². The summed E-state index contributed by atoms with van der Waals surface area (Å²) in [5, 5.41) is 19.9. The fourth-order valence-corrected chi connectivity index (χ4v) is 1.65. The molecule has 2 aromatic heterocycles. The zero-order chi connectivity index (χ0) is 13.7. The first-order valence-corrected chi connectivity index (χ1v) is 5.82. The maximum atomic E-state index is 11.0. The summed E-state index contributed by atoms with van der Waals surface area (Å²) in [6, 6.07) is 0. The van der Waals surface area contributed by atoms with E-state index >= 15 is 0 Å². The average Bonchev–Trinajstić information content (AvgIpc) is 2.86. The van der Waals surface area contributed by atoms with Crippen LogP contribution in [-0.2, 0) is 19.6 Å². The minimum atomic E-state index is -1.03. The molecule has 19 heavy (non-hydrogen) atoms. The summed E-state index contributed by atoms with van der Waals surface area (Å²) in [5.74, 6) is -0.234. The summed E-state index contributed by atoms with van der Waals surface area (Å²) >= 11 is 0. The van der Waals surface area contributed by atoms with Crippen LogP contribution >= 0.6 is 0 Å². The zero-order valence-electron chi connectivity index (χ0n) is 10.4. The largest absolute Gasteiger partial charge is 0.478 e. The standard InChI is InChI=1S/C11H14N6O2/c1-2-17-7-15-16-10(17)5-12-4-9-8(11(18)19)3-13-6-14-9/h3,6-7,12H,2,4-5H2,1H3,(H,18,19). The Morgan fingerprint density at radius 2 is 2.32 bits per heavy atom. The van der Waals surface area contributed by atoms with Crippen molar-refractivity contribution >= 4 is 5.97 Å². The molecule has 0 saturated carbocycles. The molecule has 0 unspecified atom stereocenters. The molecule has 0 bridgehead atoms. The quantitative estimate of drug-likeness (QED) is 0.759. The van der Waals surface area contributed by atoms with Gasteiger partial charge in [0.05, 0.1) is 12.2 Å². The van der Waals surface area contributed by atoms with Crippen molar-refractivity contribution in [2.24, 2.45) is 0 Å². The highest BCUT2D eigenvalue weighted by Gasteiger charge is 2.11. The molecule has 2 rings (SSSR count). The number of carboxylic acid groups (broad SMARTS) is 1. The van der Waals surface area contributed by atoms with Crippen molar-refractivity contribution in [2.75, 3.05) is 0 Å². The van der Waals surface area contributed by atoms with Gasteiger partial charge in [-0.25, -0.2) is 14.8 Å². The molecule has 0 spiro atoms. The first kappa shape index (κ1) is 13.1. The van der Waals surface area contributed by atoms with Gasteiger partial charge in [0.1, 0.15) is 24.0 Å². The van der Waals surface area contributed by atoms with Crippen LogP contribution in [-0.4, -0.2) is 35.8 Å². The van der Waals surface area contributed by atoms with Crippen molar-refractivity contribution < 1.29 is 9.90 Å². The first-order chi connectivity index (χ1) is 9.22. The number of aryl methyl sites for hydroxylation is 1. The molecule has 0 atom stereocenters. The van der Waals surface area contributed by atoms with Crippen molar-refractivity contribution in [1.82, 2.24) is 30.0 Å². The molecule has 0 aliphatic rings. The topological polar surface area (TPSA) is 106 Å². The summed E-state index contributed by atoms with van der Waals surface area (Å²) in [5.41, 5.74) is 0.553. The van der Waals surface area contributed by atoms with Gasteiger partial charge in [0, 0.05) is 19.3 Å². The zero-order valence-corrected chi connectivity index (χ0v) is 10.4. The van der Waals surface area contributed by atoms with Crippen LogP contribution in [0.3, 0.4) is 0 Å². The van der Waals surface area contributed by atoms with Crippen LogP contribution in [0.1, 0.15) is 28.8 Å². The third-order valence-electron chi connectivity index (χ3n) is 2.64. The molecule has 0 amide bonds. The van der Waals surface area contributed by atoms with Gasteiger partial charge >= 0.3 is 5.97 Å². The maximum Gasteiger partial charge on any atom is 0.339 e. The van der Waals surface area contributed by atoms with E-state index in [1.54, 1.807) is 6.33 Å². The van der Waals surface area contributed by atoms with E-state index < -0.39 is 5.97 Å². The molecule has 0 fully saturated rings. The lowest BCUT2D eigenvalue weighted by atomic mass is 10.2. The second kappa shape index (κ2) is 6.01. The van der Waals surface area contributed by atoms with Gasteiger partial charge in [-0.2, -0.15) is 0 Å². The first-order valence-electron chi connectivity index (χ1n) is 5.82. The lowest BCUT2D eigenvalue weighted by Gasteiger charge is -2.06. The van der Waals surface area contributed by atoms with E-state index in [4.69, 9.17) is 5.11 Å². The normalized spacial score (nSPS) is 10.6. The van der Waals surface area contributed by atoms with Crippen molar-refractivity contribution in [2.45, 2.75) is 26.6 Å². The second-order valence-electron chi connectivity index (χ2n) is 3.82. The highest BCUT2D eigenvalue weighted by molar-refractivity contribution is 5.88. The van der Waals surface area contributed by atoms with Crippen LogP contribution in [0, 0.1) is 0 Å². The van der Waals surface area contributed by atoms with Crippen molar-refractivity contribution in [1.29, 1.82) is 0 Å². The third-order valence-corrected chi connectivity index (χ3v) is 2.64. The molecule has 8 nitrogen and oxygen atoms in total. The number of carboxylic acids is 1. The smallest absolute Gasteiger partial charge is 0.339 e. The summed E-state index contributed by atoms with van der Waals surface area (Å²) in [4.78, 5) is 18.6. The SMILES string of the molecule is CCn1cnnc1CNCc1ncncc1C(=O)O. The molecule has 0 aromatic carbocycles. The van der Waals surface area contributed by atoms with Gasteiger partial charge in [-0.1, -0.05) is 0 Å². The molecule has 0 saturated heterocycles. The van der Waals surface area contributed by atoms with Crippen molar-refractivity contribution in [3.63, 3.8) is 0 Å². The number of nitrogens with one attached hydrogen (secondary N) is 1. The minimum absolute atomic E-state index is 0.104. The Balaban J connectivity index is 1.98. The Kier molecular flexibility index (Phi) is 4.14. The maximum absolute atomic E-state index is 11.0. The number of rotatable bonds is 6. The number of aromatic nitrogens is 5. The van der Waals surface area contributed by atoms with Crippen LogP contribution in [0.2, 0.25) is 0 Å². The van der Waals surface area contributed by atoms with Crippen LogP contribution in [0.25, 0.3) is 0 Å². The number of aromatic carboxylic acids is 1. The van der Waals surface area contributed by atoms with Gasteiger partial charge in [-0.05, 0) is 6.92 Å². The van der Waals surface area contributed by atoms with E-state index in [0.717, 1.165) is 12.4 Å². The Morgan fingerprint density at radius 3 is 3.05 bits per heavy atom. The lowest BCUT2D eigenvalue weighted by molar-refractivity contribution is 0.0694. The minimum Gasteiger partial charge on any atom is -0.478 e. The molecule has 8 heteroatoms. The van der Waals surface area contributed by atoms with Crippen molar-refractivity contribution in [3.05, 3.63) is 35.9 Å². The van der Waals surface area contributed by atoms with E-state index in [1.165, 1.54) is 12.5 Å². The summed E-state index contributed by atoms with van der Waals surface area (Å²) in [7, 11) is 0. The Bertz CT molecular complexity index is 568. The highest BCUT2D eigenvalue weighted by Crippen LogP contribution is 2.03. The predicted octanol–water partition coefficient (Wildman–Crippen LogP) is 0.0760. The molecular weight excluding hydrogens is 248 g/mol. The second-order valence-corrected chi connectivity index (χ2v) is 3.82. The monoisotopic (exact) mass is 262 g/mol. The molecule has 0 radical (unpaired) electrons. The van der Waals surface area contributed by atoms with E-state index in [9.17, 15) is 4.79 Å². The third kappa shape index (κ3) is 3.10. The molecule has 0 aliphatic carbocycles. The lowest BCUT2D eigenvalue weighted by Crippen LogP contribution is -2.19. The van der Waals surface area contributed by atoms with Gasteiger partial charge in [0.15, 0.2) is 0 Å². The Morgan fingerprint density at radius 1 is 1.47 bits per heavy atom. The van der Waals surface area contributed by atoms with Gasteiger partial charge in [0.2, 0.25) is 0 Å². The summed E-state index contributed by atoms with van der Waals surface area (Å²) < 4.78 is 1.91. The van der Waals surface area contributed by atoms with E-state index in [-0.39, 0.29) is 5.56 Å². The molecule has 0 aliphatic heterocycles. The Labute approximate surface area is 109 Å². The number of nitrogens with zero attached hydrogens (tertiary/aromatic N) is 5. The summed E-state index contributed by atoms with van der Waals surface area (Å²) in [6.45, 7) is 3.62. The van der Waals surface area contributed by atoms with Crippen LogP contribution in [0.4, 0.5) is 0 Å².